The van der Waals surface area contributed by atoms with Crippen LogP contribution in [0.25, 0.3) is 22.5 Å². The van der Waals surface area contributed by atoms with Crippen LogP contribution in [0.15, 0.2) is 65.4 Å². The maximum atomic E-state index is 12.8. The van der Waals surface area contributed by atoms with Crippen molar-refractivity contribution < 1.29 is 18.8 Å². The molecule has 0 radical (unpaired) electrons. The first-order chi connectivity index (χ1) is 15.8. The standard InChI is InChI=1S/C23H20N4O4S/c28-23(30-15-20-25-21(26-31-20)17-7-4-8-24-14-17)19-13-18(16-5-2-1-3-6-16)22(32-19)27-9-11-29-12-10-27/h1-8,13-14H,9-12,15H2. The monoisotopic (exact) mass is 448 g/mol. The Morgan fingerprint density at radius 3 is 2.69 bits per heavy atom. The second-order valence-corrected chi connectivity index (χ2v) is 8.16. The minimum absolute atomic E-state index is 0.0996. The molecule has 1 fully saturated rings. The zero-order chi connectivity index (χ0) is 21.8. The molecule has 1 saturated heterocycles. The van der Waals surface area contributed by atoms with Crippen LogP contribution in [0.2, 0.25) is 0 Å². The molecule has 0 unspecified atom stereocenters. The van der Waals surface area contributed by atoms with Crippen molar-refractivity contribution >= 4 is 22.3 Å². The van der Waals surface area contributed by atoms with Crippen molar-refractivity contribution in [1.29, 1.82) is 0 Å². The van der Waals surface area contributed by atoms with Gasteiger partial charge >= 0.3 is 5.97 Å². The number of hydrogen-bond acceptors (Lipinski definition) is 9. The number of esters is 1. The third-order valence-corrected chi connectivity index (χ3v) is 6.19. The van der Waals surface area contributed by atoms with Gasteiger partial charge in [-0.25, -0.2) is 4.79 Å². The zero-order valence-corrected chi connectivity index (χ0v) is 18.0. The van der Waals surface area contributed by atoms with Crippen LogP contribution in [0.4, 0.5) is 5.00 Å². The van der Waals surface area contributed by atoms with E-state index >= 15 is 0 Å². The Hall–Kier alpha value is -3.56. The second-order valence-electron chi connectivity index (χ2n) is 7.12. The average Bonchev–Trinajstić information content (AvgIpc) is 3.52. The van der Waals surface area contributed by atoms with E-state index in [1.165, 1.54) is 11.3 Å². The van der Waals surface area contributed by atoms with E-state index < -0.39 is 5.97 Å². The lowest BCUT2D eigenvalue weighted by Gasteiger charge is -2.28. The fraction of sp³-hybridized carbons (Fsp3) is 0.217. The Morgan fingerprint density at radius 1 is 1.09 bits per heavy atom. The molecule has 0 saturated carbocycles. The van der Waals surface area contributed by atoms with Crippen LogP contribution < -0.4 is 4.90 Å². The molecule has 0 aliphatic carbocycles. The quantitative estimate of drug-likeness (QED) is 0.408. The molecule has 5 rings (SSSR count). The molecular weight excluding hydrogens is 428 g/mol. The van der Waals surface area contributed by atoms with E-state index in [1.54, 1.807) is 18.5 Å². The molecule has 1 aliphatic rings. The molecule has 1 aliphatic heterocycles. The van der Waals surface area contributed by atoms with Crippen molar-refractivity contribution in [2.75, 3.05) is 31.2 Å². The molecule has 32 heavy (non-hydrogen) atoms. The lowest BCUT2D eigenvalue weighted by atomic mass is 10.1. The predicted octanol–water partition coefficient (Wildman–Crippen LogP) is 4.05. The lowest BCUT2D eigenvalue weighted by molar-refractivity contribution is 0.0435. The molecule has 162 valence electrons. The SMILES string of the molecule is O=C(OCc1nc(-c2cccnc2)no1)c1cc(-c2ccccc2)c(N2CCOCC2)s1. The summed E-state index contributed by atoms with van der Waals surface area (Å²) in [7, 11) is 0. The summed E-state index contributed by atoms with van der Waals surface area (Å²) < 4.78 is 16.2. The van der Waals surface area contributed by atoms with E-state index in [9.17, 15) is 4.79 Å². The number of benzene rings is 1. The van der Waals surface area contributed by atoms with Gasteiger partial charge in [-0.1, -0.05) is 35.5 Å². The minimum Gasteiger partial charge on any atom is -0.451 e. The van der Waals surface area contributed by atoms with Gasteiger partial charge in [-0.05, 0) is 23.8 Å². The highest BCUT2D eigenvalue weighted by molar-refractivity contribution is 7.18. The summed E-state index contributed by atoms with van der Waals surface area (Å²) in [6, 6.07) is 15.5. The number of rotatable bonds is 6. The Kier molecular flexibility index (Phi) is 5.91. The van der Waals surface area contributed by atoms with E-state index in [-0.39, 0.29) is 12.5 Å². The van der Waals surface area contributed by atoms with Crippen molar-refractivity contribution in [1.82, 2.24) is 15.1 Å². The van der Waals surface area contributed by atoms with Crippen LogP contribution in [0.3, 0.4) is 0 Å². The molecule has 0 N–H and O–H groups in total. The van der Waals surface area contributed by atoms with Gasteiger partial charge in [0.15, 0.2) is 6.61 Å². The van der Waals surface area contributed by atoms with Crippen molar-refractivity contribution in [3.05, 3.63) is 71.7 Å². The van der Waals surface area contributed by atoms with Gasteiger partial charge in [0.25, 0.3) is 5.89 Å². The minimum atomic E-state index is -0.423. The number of anilines is 1. The fourth-order valence-electron chi connectivity index (χ4n) is 3.43. The first-order valence-electron chi connectivity index (χ1n) is 10.2. The topological polar surface area (TPSA) is 90.6 Å². The van der Waals surface area contributed by atoms with Gasteiger partial charge in [-0.15, -0.1) is 11.3 Å². The first kappa shape index (κ1) is 20.3. The number of ether oxygens (including phenoxy) is 2. The number of morpholine rings is 1. The van der Waals surface area contributed by atoms with Crippen molar-refractivity contribution in [2.24, 2.45) is 0 Å². The van der Waals surface area contributed by atoms with Gasteiger partial charge in [0, 0.05) is 36.6 Å². The third kappa shape index (κ3) is 4.39. The maximum absolute atomic E-state index is 12.8. The normalized spacial score (nSPS) is 13.8. The van der Waals surface area contributed by atoms with Gasteiger partial charge in [-0.2, -0.15) is 4.98 Å². The van der Waals surface area contributed by atoms with Gasteiger partial charge in [0.05, 0.1) is 18.2 Å². The van der Waals surface area contributed by atoms with E-state index in [0.29, 0.717) is 23.9 Å². The molecule has 4 heterocycles. The molecule has 4 aromatic rings. The third-order valence-electron chi connectivity index (χ3n) is 5.01. The van der Waals surface area contributed by atoms with E-state index in [4.69, 9.17) is 14.0 Å². The average molecular weight is 449 g/mol. The maximum Gasteiger partial charge on any atom is 0.348 e. The zero-order valence-electron chi connectivity index (χ0n) is 17.1. The van der Waals surface area contributed by atoms with Crippen LogP contribution in [-0.2, 0) is 16.1 Å². The van der Waals surface area contributed by atoms with Crippen molar-refractivity contribution in [3.63, 3.8) is 0 Å². The smallest absolute Gasteiger partial charge is 0.348 e. The van der Waals surface area contributed by atoms with Crippen molar-refractivity contribution in [3.8, 4) is 22.5 Å². The van der Waals surface area contributed by atoms with E-state index in [2.05, 4.69) is 20.0 Å². The molecule has 0 spiro atoms. The summed E-state index contributed by atoms with van der Waals surface area (Å²) in [4.78, 5) is 23.9. The largest absolute Gasteiger partial charge is 0.451 e. The highest BCUT2D eigenvalue weighted by atomic mass is 32.1. The number of thiophene rings is 1. The number of carbonyl (C=O) groups excluding carboxylic acids is 1. The van der Waals surface area contributed by atoms with Crippen LogP contribution in [0.1, 0.15) is 15.6 Å². The van der Waals surface area contributed by atoms with Crippen molar-refractivity contribution in [2.45, 2.75) is 6.61 Å². The predicted molar refractivity (Wildman–Crippen MR) is 119 cm³/mol. The Labute approximate surface area is 188 Å². The summed E-state index contributed by atoms with van der Waals surface area (Å²) in [5, 5.41) is 4.97. The lowest BCUT2D eigenvalue weighted by Crippen LogP contribution is -2.35. The van der Waals surface area contributed by atoms with E-state index in [1.807, 2.05) is 42.5 Å². The number of aromatic nitrogens is 3. The van der Waals surface area contributed by atoms with Crippen LogP contribution in [0.5, 0.6) is 0 Å². The van der Waals surface area contributed by atoms with E-state index in [0.717, 1.165) is 34.8 Å². The summed E-state index contributed by atoms with van der Waals surface area (Å²) >= 11 is 1.43. The summed E-state index contributed by atoms with van der Waals surface area (Å²) in [6.45, 7) is 2.81. The van der Waals surface area contributed by atoms with Gasteiger partial charge in [-0.3, -0.25) is 4.98 Å². The Morgan fingerprint density at radius 2 is 1.91 bits per heavy atom. The molecule has 9 heteroatoms. The van der Waals surface area contributed by atoms with Gasteiger partial charge in [0.1, 0.15) is 4.88 Å². The van der Waals surface area contributed by atoms with Crippen LogP contribution in [0, 0.1) is 0 Å². The number of pyridine rings is 1. The fourth-order valence-corrected chi connectivity index (χ4v) is 4.56. The number of carbonyl (C=O) groups is 1. The molecule has 0 amide bonds. The molecule has 0 atom stereocenters. The molecule has 0 bridgehead atoms. The van der Waals surface area contributed by atoms with Gasteiger partial charge in [0.2, 0.25) is 5.82 Å². The Bertz CT molecular complexity index is 1190. The van der Waals surface area contributed by atoms with Crippen LogP contribution in [-0.4, -0.2) is 47.4 Å². The summed E-state index contributed by atoms with van der Waals surface area (Å²) in [5.74, 6) is 0.208. The second kappa shape index (κ2) is 9.29. The number of hydrogen-bond donors (Lipinski definition) is 0. The number of nitrogens with zero attached hydrogens (tertiary/aromatic N) is 4. The molecule has 1 aromatic carbocycles. The highest BCUT2D eigenvalue weighted by Gasteiger charge is 2.23. The highest BCUT2D eigenvalue weighted by Crippen LogP contribution is 2.39. The Balaban J connectivity index is 1.33. The van der Waals surface area contributed by atoms with Gasteiger partial charge < -0.3 is 18.9 Å². The first-order valence-corrected chi connectivity index (χ1v) is 11.0. The molecule has 3 aromatic heterocycles. The molecule has 8 nitrogen and oxygen atoms in total. The molecular formula is C23H20N4O4S. The van der Waals surface area contributed by atoms with Crippen LogP contribution >= 0.6 is 11.3 Å². The summed E-state index contributed by atoms with van der Waals surface area (Å²) in [5.41, 5.74) is 2.80. The summed E-state index contributed by atoms with van der Waals surface area (Å²) in [6.07, 6.45) is 3.31.